The summed E-state index contributed by atoms with van der Waals surface area (Å²) in [6.07, 6.45) is 0. The highest BCUT2D eigenvalue weighted by atomic mass is 16.5. The molecule has 1 saturated heterocycles. The van der Waals surface area contributed by atoms with Crippen LogP contribution in [0.25, 0.3) is 5.57 Å². The van der Waals surface area contributed by atoms with Gasteiger partial charge >= 0.3 is 0 Å². The molecule has 2 heterocycles. The number of carbonyl (C=O) groups is 2. The van der Waals surface area contributed by atoms with Crippen molar-refractivity contribution < 1.29 is 14.3 Å². The van der Waals surface area contributed by atoms with Gasteiger partial charge in [0.15, 0.2) is 0 Å². The third-order valence-electron chi connectivity index (χ3n) is 6.47. The Labute approximate surface area is 190 Å². The number of carbonyl (C=O) groups excluding carboxylic acids is 2. The van der Waals surface area contributed by atoms with E-state index in [1.165, 1.54) is 4.90 Å². The monoisotopic (exact) mass is 433 g/mol. The molecule has 0 unspecified atom stereocenters. The van der Waals surface area contributed by atoms with Crippen LogP contribution in [0.15, 0.2) is 48.2 Å². The molecule has 6 heteroatoms. The molecule has 0 spiro atoms. The number of ether oxygens (including phenoxy) is 1. The van der Waals surface area contributed by atoms with E-state index in [0.29, 0.717) is 23.6 Å². The van der Waals surface area contributed by atoms with Crippen molar-refractivity contribution in [3.05, 3.63) is 64.9 Å². The summed E-state index contributed by atoms with van der Waals surface area (Å²) in [6.45, 7) is 12.8. The Morgan fingerprint density at radius 3 is 2.19 bits per heavy atom. The molecule has 0 atom stereocenters. The maximum absolute atomic E-state index is 13.8. The number of hydrogen-bond acceptors (Lipinski definition) is 5. The van der Waals surface area contributed by atoms with Crippen molar-refractivity contribution in [2.45, 2.75) is 27.7 Å². The van der Waals surface area contributed by atoms with Gasteiger partial charge in [-0.05, 0) is 62.2 Å². The summed E-state index contributed by atoms with van der Waals surface area (Å²) in [5.74, 6) is 0.247. The second-order valence-electron chi connectivity index (χ2n) is 8.27. The van der Waals surface area contributed by atoms with Crippen LogP contribution in [0.3, 0.4) is 0 Å². The Hall–Kier alpha value is -3.12. The second-order valence-corrected chi connectivity index (χ2v) is 8.27. The average Bonchev–Trinajstić information content (AvgIpc) is 3.06. The summed E-state index contributed by atoms with van der Waals surface area (Å²) < 4.78 is 5.56. The van der Waals surface area contributed by atoms with Crippen LogP contribution >= 0.6 is 0 Å². The molecule has 4 rings (SSSR count). The lowest BCUT2D eigenvalue weighted by molar-refractivity contribution is -0.120. The average molecular weight is 434 g/mol. The summed E-state index contributed by atoms with van der Waals surface area (Å²) in [7, 11) is 0. The van der Waals surface area contributed by atoms with Gasteiger partial charge in [-0.1, -0.05) is 31.2 Å². The minimum atomic E-state index is -0.263. The quantitative estimate of drug-likeness (QED) is 0.652. The van der Waals surface area contributed by atoms with Crippen LogP contribution in [0.4, 0.5) is 5.69 Å². The van der Waals surface area contributed by atoms with E-state index in [1.54, 1.807) is 0 Å². The van der Waals surface area contributed by atoms with Gasteiger partial charge < -0.3 is 14.5 Å². The van der Waals surface area contributed by atoms with Gasteiger partial charge in [0.2, 0.25) is 0 Å². The zero-order valence-electron chi connectivity index (χ0n) is 19.4. The predicted octanol–water partition coefficient (Wildman–Crippen LogP) is 3.62. The van der Waals surface area contributed by atoms with Gasteiger partial charge in [0.05, 0.1) is 17.9 Å². The van der Waals surface area contributed by atoms with Crippen molar-refractivity contribution >= 4 is 23.1 Å². The van der Waals surface area contributed by atoms with Crippen molar-refractivity contribution in [1.82, 2.24) is 9.80 Å². The first-order valence-corrected chi connectivity index (χ1v) is 11.4. The van der Waals surface area contributed by atoms with Gasteiger partial charge in [0.25, 0.3) is 11.8 Å². The van der Waals surface area contributed by atoms with E-state index in [0.717, 1.165) is 55.2 Å². The normalized spacial score (nSPS) is 17.5. The fourth-order valence-corrected chi connectivity index (χ4v) is 4.44. The van der Waals surface area contributed by atoms with Crippen LogP contribution in [0.5, 0.6) is 5.75 Å². The Kier molecular flexibility index (Phi) is 6.33. The molecule has 0 aromatic heterocycles. The third kappa shape index (κ3) is 3.91. The topological polar surface area (TPSA) is 53.1 Å². The van der Waals surface area contributed by atoms with Crippen molar-refractivity contribution in [2.24, 2.45) is 0 Å². The molecule has 0 bridgehead atoms. The molecule has 0 aliphatic carbocycles. The highest BCUT2D eigenvalue weighted by Crippen LogP contribution is 2.37. The lowest BCUT2D eigenvalue weighted by Crippen LogP contribution is -2.47. The lowest BCUT2D eigenvalue weighted by Gasteiger charge is -2.36. The Morgan fingerprint density at radius 1 is 0.875 bits per heavy atom. The molecular weight excluding hydrogens is 402 g/mol. The van der Waals surface area contributed by atoms with Gasteiger partial charge in [0.1, 0.15) is 11.4 Å². The minimum absolute atomic E-state index is 0.238. The first-order chi connectivity index (χ1) is 15.5. The minimum Gasteiger partial charge on any atom is -0.494 e. The number of aryl methyl sites for hydroxylation is 1. The molecule has 1 fully saturated rings. The zero-order chi connectivity index (χ0) is 22.8. The van der Waals surface area contributed by atoms with Crippen LogP contribution in [0.2, 0.25) is 0 Å². The third-order valence-corrected chi connectivity index (χ3v) is 6.47. The van der Waals surface area contributed by atoms with E-state index < -0.39 is 0 Å². The molecule has 0 radical (unpaired) electrons. The lowest BCUT2D eigenvalue weighted by atomic mass is 10.0. The molecule has 168 valence electrons. The number of rotatable bonds is 6. The van der Waals surface area contributed by atoms with E-state index in [2.05, 4.69) is 16.7 Å². The van der Waals surface area contributed by atoms with Gasteiger partial charge in [0, 0.05) is 26.2 Å². The van der Waals surface area contributed by atoms with Crippen molar-refractivity contribution in [2.75, 3.05) is 44.2 Å². The van der Waals surface area contributed by atoms with Crippen molar-refractivity contribution in [3.8, 4) is 5.75 Å². The Morgan fingerprint density at radius 2 is 1.56 bits per heavy atom. The summed E-state index contributed by atoms with van der Waals surface area (Å²) in [5.41, 5.74) is 4.38. The number of amides is 2. The SMILES string of the molecule is CCOc1ccc(C2=C(N3CCN(CC)CC3)C(=O)N(c3cccc(C)c3C)C2=O)cc1. The highest BCUT2D eigenvalue weighted by Gasteiger charge is 2.43. The van der Waals surface area contributed by atoms with Gasteiger partial charge in [-0.25, -0.2) is 4.90 Å². The largest absolute Gasteiger partial charge is 0.494 e. The summed E-state index contributed by atoms with van der Waals surface area (Å²) in [4.78, 5) is 33.3. The maximum atomic E-state index is 13.8. The molecular formula is C26H31N3O3. The van der Waals surface area contributed by atoms with Crippen LogP contribution in [-0.4, -0.2) is 60.9 Å². The molecule has 6 nitrogen and oxygen atoms in total. The first-order valence-electron chi connectivity index (χ1n) is 11.4. The fourth-order valence-electron chi connectivity index (χ4n) is 4.44. The standard InChI is InChI=1S/C26H31N3O3/c1-5-27-14-16-28(17-15-27)24-23(20-10-12-21(13-11-20)32-6-2)25(30)29(26(24)31)22-9-7-8-18(3)19(22)4/h7-13H,5-6,14-17H2,1-4H3. The van der Waals surface area contributed by atoms with Gasteiger partial charge in [-0.15, -0.1) is 0 Å². The van der Waals surface area contributed by atoms with Gasteiger partial charge in [-0.2, -0.15) is 0 Å². The van der Waals surface area contributed by atoms with E-state index in [-0.39, 0.29) is 11.8 Å². The number of anilines is 1. The molecule has 2 aliphatic rings. The summed E-state index contributed by atoms with van der Waals surface area (Å²) >= 11 is 0. The van der Waals surface area contributed by atoms with Gasteiger partial charge in [-0.3, -0.25) is 9.59 Å². The number of hydrogen-bond donors (Lipinski definition) is 0. The van der Waals surface area contributed by atoms with E-state index in [1.807, 2.05) is 63.2 Å². The molecule has 32 heavy (non-hydrogen) atoms. The maximum Gasteiger partial charge on any atom is 0.282 e. The van der Waals surface area contributed by atoms with Crippen LogP contribution < -0.4 is 9.64 Å². The number of likely N-dealkylation sites (N-methyl/N-ethyl adjacent to an activating group) is 1. The zero-order valence-corrected chi connectivity index (χ0v) is 19.4. The number of benzene rings is 2. The van der Waals surface area contributed by atoms with Crippen LogP contribution in [0, 0.1) is 13.8 Å². The van der Waals surface area contributed by atoms with E-state index >= 15 is 0 Å². The van der Waals surface area contributed by atoms with Crippen LogP contribution in [-0.2, 0) is 9.59 Å². The molecule has 0 saturated carbocycles. The predicted molar refractivity (Wildman–Crippen MR) is 127 cm³/mol. The molecule has 0 N–H and O–H groups in total. The Bertz CT molecular complexity index is 1050. The first kappa shape index (κ1) is 22.1. The number of imide groups is 1. The smallest absolute Gasteiger partial charge is 0.282 e. The number of piperazine rings is 1. The Balaban J connectivity index is 1.78. The van der Waals surface area contributed by atoms with Crippen LogP contribution in [0.1, 0.15) is 30.5 Å². The number of nitrogens with zero attached hydrogens (tertiary/aromatic N) is 3. The summed E-state index contributed by atoms with van der Waals surface area (Å²) in [6, 6.07) is 13.2. The van der Waals surface area contributed by atoms with Crippen molar-refractivity contribution in [1.29, 1.82) is 0 Å². The molecule has 2 aromatic carbocycles. The van der Waals surface area contributed by atoms with Crippen molar-refractivity contribution in [3.63, 3.8) is 0 Å². The fraction of sp³-hybridized carbons (Fsp3) is 0.385. The summed E-state index contributed by atoms with van der Waals surface area (Å²) in [5, 5.41) is 0. The van der Waals surface area contributed by atoms with E-state index in [4.69, 9.17) is 4.74 Å². The molecule has 2 aromatic rings. The highest BCUT2D eigenvalue weighted by molar-refractivity contribution is 6.45. The molecule has 2 aliphatic heterocycles. The second kappa shape index (κ2) is 9.17. The van der Waals surface area contributed by atoms with E-state index in [9.17, 15) is 9.59 Å². The molecule has 2 amide bonds.